The van der Waals surface area contributed by atoms with Crippen molar-refractivity contribution in [2.24, 2.45) is 0 Å². The van der Waals surface area contributed by atoms with E-state index in [1.165, 1.54) is 19.2 Å². The highest BCUT2D eigenvalue weighted by Gasteiger charge is 2.55. The van der Waals surface area contributed by atoms with Crippen LogP contribution in [0, 0.1) is 5.82 Å². The van der Waals surface area contributed by atoms with Gasteiger partial charge in [-0.25, -0.2) is 9.18 Å². The van der Waals surface area contributed by atoms with Crippen LogP contribution in [0.1, 0.15) is 19.3 Å². The Morgan fingerprint density at radius 3 is 2.85 bits per heavy atom. The summed E-state index contributed by atoms with van der Waals surface area (Å²) in [5.74, 6) is -0.507. The molecule has 1 aromatic rings. The van der Waals surface area contributed by atoms with Crippen LogP contribution >= 0.6 is 0 Å². The summed E-state index contributed by atoms with van der Waals surface area (Å²) in [5, 5.41) is 3.32. The molecular weight excluding hydrogens is 259 g/mol. The van der Waals surface area contributed by atoms with Crippen molar-refractivity contribution in [3.05, 3.63) is 30.1 Å². The van der Waals surface area contributed by atoms with E-state index < -0.39 is 5.54 Å². The Balaban J connectivity index is 1.90. The number of ether oxygens (including phenoxy) is 1. The highest BCUT2D eigenvalue weighted by atomic mass is 19.1. The predicted molar refractivity (Wildman–Crippen MR) is 74.0 cm³/mol. The minimum absolute atomic E-state index is 0.167. The van der Waals surface area contributed by atoms with E-state index >= 15 is 0 Å². The number of nitrogens with zero attached hydrogens (tertiary/aromatic N) is 1. The molecule has 1 aromatic carbocycles. The van der Waals surface area contributed by atoms with Crippen molar-refractivity contribution < 1.29 is 13.9 Å². The largest absolute Gasteiger partial charge is 0.467 e. The van der Waals surface area contributed by atoms with Crippen molar-refractivity contribution in [1.82, 2.24) is 4.90 Å². The lowest BCUT2D eigenvalue weighted by Crippen LogP contribution is -2.54. The van der Waals surface area contributed by atoms with E-state index in [-0.39, 0.29) is 17.8 Å². The highest BCUT2D eigenvalue weighted by molar-refractivity contribution is 5.86. The summed E-state index contributed by atoms with van der Waals surface area (Å²) in [5.41, 5.74) is 0.0499. The molecule has 2 unspecified atom stereocenters. The van der Waals surface area contributed by atoms with Crippen molar-refractivity contribution in [2.75, 3.05) is 25.5 Å². The Bertz CT molecular complexity index is 505. The third kappa shape index (κ3) is 2.06. The van der Waals surface area contributed by atoms with E-state index in [0.717, 1.165) is 38.0 Å². The predicted octanol–water partition coefficient (Wildman–Crippen LogP) is 2.02. The Hall–Kier alpha value is -1.62. The first-order chi connectivity index (χ1) is 9.65. The summed E-state index contributed by atoms with van der Waals surface area (Å²) in [7, 11) is 1.42. The molecule has 0 aliphatic carbocycles. The molecule has 2 fully saturated rings. The smallest absolute Gasteiger partial charge is 0.333 e. The van der Waals surface area contributed by atoms with E-state index in [1.807, 2.05) is 0 Å². The molecule has 0 saturated carbocycles. The molecule has 4 nitrogen and oxygen atoms in total. The summed E-state index contributed by atoms with van der Waals surface area (Å²) in [4.78, 5) is 14.7. The SMILES string of the molecule is COC(=O)C1(Nc2ccc(F)cc2)CCN2CCCC21. The molecule has 2 aliphatic rings. The first kappa shape index (κ1) is 13.4. The van der Waals surface area contributed by atoms with Crippen LogP contribution in [0.3, 0.4) is 0 Å². The number of carbonyl (C=O) groups is 1. The van der Waals surface area contributed by atoms with Gasteiger partial charge in [0.1, 0.15) is 5.82 Å². The number of anilines is 1. The first-order valence-corrected chi connectivity index (χ1v) is 7.02. The van der Waals surface area contributed by atoms with E-state index in [1.54, 1.807) is 12.1 Å². The summed E-state index contributed by atoms with van der Waals surface area (Å²) < 4.78 is 18.0. The normalized spacial score (nSPS) is 29.2. The molecule has 0 spiro atoms. The number of benzene rings is 1. The fourth-order valence-electron chi connectivity index (χ4n) is 3.55. The lowest BCUT2D eigenvalue weighted by Gasteiger charge is -2.34. The molecule has 2 aliphatic heterocycles. The maximum Gasteiger partial charge on any atom is 0.333 e. The molecule has 2 saturated heterocycles. The van der Waals surface area contributed by atoms with Gasteiger partial charge >= 0.3 is 5.97 Å². The third-order valence-corrected chi connectivity index (χ3v) is 4.49. The van der Waals surface area contributed by atoms with Crippen LogP contribution in [0.25, 0.3) is 0 Å². The van der Waals surface area contributed by atoms with Gasteiger partial charge in [0.15, 0.2) is 5.54 Å². The third-order valence-electron chi connectivity index (χ3n) is 4.49. The zero-order valence-corrected chi connectivity index (χ0v) is 11.6. The number of nitrogens with one attached hydrogen (secondary N) is 1. The van der Waals surface area contributed by atoms with Crippen LogP contribution < -0.4 is 5.32 Å². The maximum absolute atomic E-state index is 13.0. The quantitative estimate of drug-likeness (QED) is 0.859. The van der Waals surface area contributed by atoms with Gasteiger partial charge in [-0.2, -0.15) is 0 Å². The number of fused-ring (bicyclic) bond motifs is 1. The minimum Gasteiger partial charge on any atom is -0.467 e. The van der Waals surface area contributed by atoms with Gasteiger partial charge in [0.25, 0.3) is 0 Å². The molecule has 2 atom stereocenters. The number of halogens is 1. The Kier molecular flexibility index (Phi) is 3.38. The van der Waals surface area contributed by atoms with Crippen LogP contribution in [0.2, 0.25) is 0 Å². The van der Waals surface area contributed by atoms with Crippen molar-refractivity contribution in [3.63, 3.8) is 0 Å². The van der Waals surface area contributed by atoms with Gasteiger partial charge in [-0.3, -0.25) is 4.90 Å². The molecule has 5 heteroatoms. The van der Waals surface area contributed by atoms with E-state index in [0.29, 0.717) is 0 Å². The van der Waals surface area contributed by atoms with Crippen LogP contribution in [-0.2, 0) is 9.53 Å². The number of rotatable bonds is 3. The average molecular weight is 278 g/mol. The first-order valence-electron chi connectivity index (χ1n) is 7.02. The maximum atomic E-state index is 13.0. The Morgan fingerprint density at radius 2 is 2.15 bits per heavy atom. The molecule has 3 rings (SSSR count). The molecule has 108 valence electrons. The molecule has 0 radical (unpaired) electrons. The van der Waals surface area contributed by atoms with Gasteiger partial charge in [0, 0.05) is 18.3 Å². The van der Waals surface area contributed by atoms with Gasteiger partial charge in [0.2, 0.25) is 0 Å². The standard InChI is InChI=1S/C15H19FN2O2/c1-20-14(19)15(8-10-18-9-2-3-13(15)18)17-12-6-4-11(16)5-7-12/h4-7,13,17H,2-3,8-10H2,1H3. The number of methoxy groups -OCH3 is 1. The van der Waals surface area contributed by atoms with E-state index in [4.69, 9.17) is 4.74 Å². The monoisotopic (exact) mass is 278 g/mol. The number of carbonyl (C=O) groups excluding carboxylic acids is 1. The number of hydrogen-bond donors (Lipinski definition) is 1. The fourth-order valence-corrected chi connectivity index (χ4v) is 3.55. The molecule has 0 amide bonds. The number of hydrogen-bond acceptors (Lipinski definition) is 4. The van der Waals surface area contributed by atoms with Crippen molar-refractivity contribution in [1.29, 1.82) is 0 Å². The van der Waals surface area contributed by atoms with Gasteiger partial charge in [0.05, 0.1) is 7.11 Å². The summed E-state index contributed by atoms with van der Waals surface area (Å²) in [6.07, 6.45) is 2.82. The molecule has 1 N–H and O–H groups in total. The second kappa shape index (κ2) is 5.05. The van der Waals surface area contributed by atoms with Crippen molar-refractivity contribution in [3.8, 4) is 0 Å². The molecule has 20 heavy (non-hydrogen) atoms. The molecule has 0 bridgehead atoms. The zero-order chi connectivity index (χ0) is 14.2. The van der Waals surface area contributed by atoms with Crippen molar-refractivity contribution in [2.45, 2.75) is 30.8 Å². The lowest BCUT2D eigenvalue weighted by molar-refractivity contribution is -0.146. The number of esters is 1. The van der Waals surface area contributed by atoms with E-state index in [2.05, 4.69) is 10.2 Å². The second-order valence-electron chi connectivity index (χ2n) is 5.54. The minimum atomic E-state index is -0.705. The highest BCUT2D eigenvalue weighted by Crippen LogP contribution is 2.39. The average Bonchev–Trinajstić information content (AvgIpc) is 3.05. The van der Waals surface area contributed by atoms with Crippen LogP contribution in [0.4, 0.5) is 10.1 Å². The van der Waals surface area contributed by atoms with Gasteiger partial charge in [-0.05, 0) is 50.1 Å². The summed E-state index contributed by atoms with van der Waals surface area (Å²) in [6, 6.07) is 6.29. The summed E-state index contributed by atoms with van der Waals surface area (Å²) >= 11 is 0. The van der Waals surface area contributed by atoms with Gasteiger partial charge in [-0.1, -0.05) is 0 Å². The summed E-state index contributed by atoms with van der Waals surface area (Å²) in [6.45, 7) is 1.93. The van der Waals surface area contributed by atoms with Crippen LogP contribution in [0.15, 0.2) is 24.3 Å². The Morgan fingerprint density at radius 1 is 1.40 bits per heavy atom. The van der Waals surface area contributed by atoms with Gasteiger partial charge < -0.3 is 10.1 Å². The molecule has 2 heterocycles. The van der Waals surface area contributed by atoms with Crippen LogP contribution in [-0.4, -0.2) is 42.6 Å². The van der Waals surface area contributed by atoms with Crippen LogP contribution in [0.5, 0.6) is 0 Å². The molecular formula is C15H19FN2O2. The zero-order valence-electron chi connectivity index (χ0n) is 11.6. The molecule has 0 aromatic heterocycles. The van der Waals surface area contributed by atoms with E-state index in [9.17, 15) is 9.18 Å². The topological polar surface area (TPSA) is 41.6 Å². The van der Waals surface area contributed by atoms with Crippen molar-refractivity contribution >= 4 is 11.7 Å². The fraction of sp³-hybridized carbons (Fsp3) is 0.533. The Labute approximate surface area is 117 Å². The lowest BCUT2D eigenvalue weighted by atomic mass is 9.88. The second-order valence-corrected chi connectivity index (χ2v) is 5.54. The van der Waals surface area contributed by atoms with Gasteiger partial charge in [-0.15, -0.1) is 0 Å².